The number of aliphatic hydroxyl groups is 1. The Balaban J connectivity index is 1.77. The van der Waals surface area contributed by atoms with E-state index < -0.39 is 5.91 Å². The minimum Gasteiger partial charge on any atom is -0.392 e. The van der Waals surface area contributed by atoms with Crippen LogP contribution in [0.25, 0.3) is 0 Å². The van der Waals surface area contributed by atoms with Crippen molar-refractivity contribution >= 4 is 46.4 Å². The zero-order chi connectivity index (χ0) is 19.6. The number of carbonyl (C=O) groups excluding carboxylic acids is 1. The summed E-state index contributed by atoms with van der Waals surface area (Å²) in [6, 6.07) is 10.1. The summed E-state index contributed by atoms with van der Waals surface area (Å²) in [5.74, 6) is -0.404. The lowest BCUT2D eigenvalue weighted by Crippen LogP contribution is -2.14. The van der Waals surface area contributed by atoms with Gasteiger partial charge in [0.1, 0.15) is 0 Å². The monoisotopic (exact) mass is 424 g/mol. The fraction of sp³-hybridized carbons (Fsp3) is 0.167. The molecule has 0 fully saturated rings. The van der Waals surface area contributed by atoms with Gasteiger partial charge in [-0.25, -0.2) is 4.68 Å². The number of benzene rings is 2. The molecule has 0 radical (unpaired) electrons. The second-order valence-corrected chi connectivity index (χ2v) is 7.07. The van der Waals surface area contributed by atoms with Crippen LogP contribution >= 0.6 is 34.8 Å². The van der Waals surface area contributed by atoms with Crippen LogP contribution in [0.4, 0.5) is 5.69 Å². The van der Waals surface area contributed by atoms with Crippen LogP contribution in [0.5, 0.6) is 0 Å². The molecule has 140 valence electrons. The molecule has 1 heterocycles. The highest BCUT2D eigenvalue weighted by Crippen LogP contribution is 2.24. The molecular weight excluding hydrogens is 411 g/mol. The van der Waals surface area contributed by atoms with E-state index in [4.69, 9.17) is 34.8 Å². The van der Waals surface area contributed by atoms with Gasteiger partial charge in [0.25, 0.3) is 5.91 Å². The van der Waals surface area contributed by atoms with Gasteiger partial charge in [0.15, 0.2) is 5.69 Å². The summed E-state index contributed by atoms with van der Waals surface area (Å²) in [7, 11) is 0. The number of amides is 1. The van der Waals surface area contributed by atoms with E-state index >= 15 is 0 Å². The molecule has 0 aliphatic carbocycles. The number of aromatic nitrogens is 3. The number of nitrogens with zero attached hydrogens (tertiary/aromatic N) is 3. The Bertz CT molecular complexity index is 1000. The first-order chi connectivity index (χ1) is 12.9. The van der Waals surface area contributed by atoms with Crippen molar-refractivity contribution in [3.05, 3.63) is 74.0 Å². The summed E-state index contributed by atoms with van der Waals surface area (Å²) in [5.41, 5.74) is 2.72. The largest absolute Gasteiger partial charge is 0.392 e. The van der Waals surface area contributed by atoms with Crippen LogP contribution in [-0.2, 0) is 13.2 Å². The van der Waals surface area contributed by atoms with E-state index in [-0.39, 0.29) is 12.3 Å². The van der Waals surface area contributed by atoms with Gasteiger partial charge < -0.3 is 10.4 Å². The molecule has 9 heteroatoms. The smallest absolute Gasteiger partial charge is 0.278 e. The Morgan fingerprint density at radius 2 is 1.85 bits per heavy atom. The van der Waals surface area contributed by atoms with Crippen molar-refractivity contribution in [2.24, 2.45) is 0 Å². The van der Waals surface area contributed by atoms with Gasteiger partial charge in [0.05, 0.1) is 28.9 Å². The van der Waals surface area contributed by atoms with Crippen LogP contribution in [-0.4, -0.2) is 26.0 Å². The van der Waals surface area contributed by atoms with E-state index in [9.17, 15) is 9.90 Å². The number of hydrogen-bond acceptors (Lipinski definition) is 4. The number of carbonyl (C=O) groups is 1. The lowest BCUT2D eigenvalue weighted by atomic mass is 10.2. The van der Waals surface area contributed by atoms with E-state index in [1.54, 1.807) is 41.9 Å². The topological polar surface area (TPSA) is 80.0 Å². The molecule has 2 aromatic carbocycles. The van der Waals surface area contributed by atoms with Crippen LogP contribution in [0, 0.1) is 6.92 Å². The molecule has 0 spiro atoms. The molecule has 0 saturated heterocycles. The Labute approximate surface area is 170 Å². The molecule has 27 heavy (non-hydrogen) atoms. The Morgan fingerprint density at radius 1 is 1.11 bits per heavy atom. The predicted octanol–water partition coefficient (Wildman–Crippen LogP) is 4.34. The standard InChI is InChI=1S/C18H15Cl3N4O2/c1-10-17(18(27)22-13-3-5-14(19)12(7-13)9-26)23-24-25(10)8-11-2-4-15(20)16(21)6-11/h2-7,26H,8-9H2,1H3,(H,22,27). The summed E-state index contributed by atoms with van der Waals surface area (Å²) in [5, 5.41) is 21.4. The van der Waals surface area contributed by atoms with Gasteiger partial charge in [-0.15, -0.1) is 5.10 Å². The van der Waals surface area contributed by atoms with Gasteiger partial charge in [-0.05, 0) is 48.4 Å². The second-order valence-electron chi connectivity index (χ2n) is 5.85. The first-order valence-electron chi connectivity index (χ1n) is 7.93. The molecule has 0 atom stereocenters. The van der Waals surface area contributed by atoms with Gasteiger partial charge in [-0.1, -0.05) is 46.1 Å². The Morgan fingerprint density at radius 3 is 2.56 bits per heavy atom. The fourth-order valence-electron chi connectivity index (χ4n) is 2.50. The highest BCUT2D eigenvalue weighted by molar-refractivity contribution is 6.42. The molecule has 3 rings (SSSR count). The minimum atomic E-state index is -0.404. The highest BCUT2D eigenvalue weighted by Gasteiger charge is 2.17. The first kappa shape index (κ1) is 19.6. The maximum absolute atomic E-state index is 12.5. The third kappa shape index (κ3) is 4.42. The minimum absolute atomic E-state index is 0.204. The van der Waals surface area contributed by atoms with Crippen molar-refractivity contribution in [1.82, 2.24) is 15.0 Å². The molecule has 0 unspecified atom stereocenters. The van der Waals surface area contributed by atoms with E-state index in [0.29, 0.717) is 38.6 Å². The first-order valence-corrected chi connectivity index (χ1v) is 9.07. The van der Waals surface area contributed by atoms with Crippen LogP contribution in [0.3, 0.4) is 0 Å². The summed E-state index contributed by atoms with van der Waals surface area (Å²) < 4.78 is 1.61. The van der Waals surface area contributed by atoms with Crippen molar-refractivity contribution in [3.63, 3.8) is 0 Å². The molecule has 1 amide bonds. The van der Waals surface area contributed by atoms with E-state index in [1.807, 2.05) is 6.07 Å². The van der Waals surface area contributed by atoms with Crippen molar-refractivity contribution in [2.75, 3.05) is 5.32 Å². The maximum atomic E-state index is 12.5. The van der Waals surface area contributed by atoms with Gasteiger partial charge in [-0.2, -0.15) is 0 Å². The summed E-state index contributed by atoms with van der Waals surface area (Å²) in [6.07, 6.45) is 0. The number of hydrogen-bond donors (Lipinski definition) is 2. The van der Waals surface area contributed by atoms with Crippen LogP contribution in [0.15, 0.2) is 36.4 Å². The van der Waals surface area contributed by atoms with Crippen molar-refractivity contribution in [2.45, 2.75) is 20.1 Å². The van der Waals surface area contributed by atoms with Crippen molar-refractivity contribution in [3.8, 4) is 0 Å². The lowest BCUT2D eigenvalue weighted by Gasteiger charge is -2.08. The number of anilines is 1. The molecule has 6 nitrogen and oxygen atoms in total. The second kappa shape index (κ2) is 8.27. The zero-order valence-corrected chi connectivity index (χ0v) is 16.5. The summed E-state index contributed by atoms with van der Waals surface area (Å²) >= 11 is 17.9. The maximum Gasteiger partial charge on any atom is 0.278 e. The van der Waals surface area contributed by atoms with Gasteiger partial charge in [-0.3, -0.25) is 4.79 Å². The van der Waals surface area contributed by atoms with Crippen molar-refractivity contribution < 1.29 is 9.90 Å². The third-order valence-corrected chi connectivity index (χ3v) is 5.10. The average molecular weight is 426 g/mol. The molecule has 0 saturated carbocycles. The predicted molar refractivity (Wildman–Crippen MR) is 106 cm³/mol. The molecule has 3 aromatic rings. The van der Waals surface area contributed by atoms with Gasteiger partial charge in [0, 0.05) is 10.7 Å². The molecule has 0 bridgehead atoms. The van der Waals surface area contributed by atoms with Crippen LogP contribution in [0.1, 0.15) is 27.3 Å². The van der Waals surface area contributed by atoms with E-state index in [2.05, 4.69) is 15.6 Å². The van der Waals surface area contributed by atoms with Crippen LogP contribution < -0.4 is 5.32 Å². The Hall–Kier alpha value is -2.12. The van der Waals surface area contributed by atoms with Gasteiger partial charge in [0.2, 0.25) is 0 Å². The van der Waals surface area contributed by atoms with E-state index in [0.717, 1.165) is 5.56 Å². The molecule has 0 aliphatic rings. The number of halogens is 3. The summed E-state index contributed by atoms with van der Waals surface area (Å²) in [6.45, 7) is 1.94. The van der Waals surface area contributed by atoms with Gasteiger partial charge >= 0.3 is 0 Å². The SMILES string of the molecule is Cc1c(C(=O)Nc2ccc(Cl)c(CO)c2)nnn1Cc1ccc(Cl)c(Cl)c1. The molecule has 2 N–H and O–H groups in total. The van der Waals surface area contributed by atoms with Crippen LogP contribution in [0.2, 0.25) is 15.1 Å². The zero-order valence-electron chi connectivity index (χ0n) is 14.2. The Kier molecular flexibility index (Phi) is 6.01. The molecule has 1 aromatic heterocycles. The molecule has 0 aliphatic heterocycles. The number of rotatable bonds is 5. The number of aliphatic hydroxyl groups excluding tert-OH is 1. The summed E-state index contributed by atoms with van der Waals surface area (Å²) in [4.78, 5) is 12.5. The normalized spacial score (nSPS) is 10.9. The third-order valence-electron chi connectivity index (χ3n) is 3.99. The van der Waals surface area contributed by atoms with E-state index in [1.165, 1.54) is 0 Å². The quantitative estimate of drug-likeness (QED) is 0.637. The lowest BCUT2D eigenvalue weighted by molar-refractivity contribution is 0.102. The highest BCUT2D eigenvalue weighted by atomic mass is 35.5. The number of nitrogens with one attached hydrogen (secondary N) is 1. The van der Waals surface area contributed by atoms with Crippen molar-refractivity contribution in [1.29, 1.82) is 0 Å². The molecular formula is C18H15Cl3N4O2. The fourth-order valence-corrected chi connectivity index (χ4v) is 2.99. The average Bonchev–Trinajstić information content (AvgIpc) is 3.00.